The smallest absolute Gasteiger partial charge is 0.137 e. The van der Waals surface area contributed by atoms with Crippen molar-refractivity contribution >= 4 is 6.08 Å². The predicted molar refractivity (Wildman–Crippen MR) is 71.4 cm³/mol. The first kappa shape index (κ1) is 12.6. The van der Waals surface area contributed by atoms with Crippen LogP contribution in [0.4, 0.5) is 4.39 Å². The van der Waals surface area contributed by atoms with Crippen LogP contribution in [0.25, 0.3) is 17.4 Å². The van der Waals surface area contributed by atoms with E-state index in [2.05, 4.69) is 0 Å². The molecule has 0 unspecified atom stereocenters. The lowest BCUT2D eigenvalue weighted by Crippen LogP contribution is -2.01. The Morgan fingerprint density at radius 2 is 2.06 bits per heavy atom. The molecule has 94 valence electrons. The van der Waals surface area contributed by atoms with E-state index in [9.17, 15) is 4.39 Å². The second-order valence-corrected chi connectivity index (χ2v) is 4.04. The highest BCUT2D eigenvalue weighted by atomic mass is 19.1. The number of hydrogen-bond acceptors (Lipinski definition) is 2. The molecule has 0 bridgehead atoms. The van der Waals surface area contributed by atoms with E-state index < -0.39 is 0 Å². The SMILES string of the molecule is CCC(=Cc1ccc(-c2ccccc2F)o1)CN. The van der Waals surface area contributed by atoms with E-state index in [1.54, 1.807) is 24.3 Å². The van der Waals surface area contributed by atoms with Crippen LogP contribution in [0, 0.1) is 5.82 Å². The molecule has 0 amide bonds. The lowest BCUT2D eigenvalue weighted by Gasteiger charge is -1.99. The van der Waals surface area contributed by atoms with E-state index in [-0.39, 0.29) is 5.82 Å². The van der Waals surface area contributed by atoms with Gasteiger partial charge in [0.25, 0.3) is 0 Å². The lowest BCUT2D eigenvalue weighted by molar-refractivity contribution is 0.560. The van der Waals surface area contributed by atoms with Crippen molar-refractivity contribution in [1.82, 2.24) is 0 Å². The predicted octanol–water partition coefficient (Wildman–Crippen LogP) is 3.84. The first-order valence-electron chi connectivity index (χ1n) is 5.99. The fraction of sp³-hybridized carbons (Fsp3) is 0.200. The Bertz CT molecular complexity index is 551. The zero-order valence-corrected chi connectivity index (χ0v) is 10.3. The van der Waals surface area contributed by atoms with E-state index in [0.717, 1.165) is 12.0 Å². The highest BCUT2D eigenvalue weighted by Crippen LogP contribution is 2.25. The van der Waals surface area contributed by atoms with Gasteiger partial charge in [-0.05, 0) is 36.8 Å². The quantitative estimate of drug-likeness (QED) is 0.888. The van der Waals surface area contributed by atoms with Gasteiger partial charge in [0.1, 0.15) is 17.3 Å². The monoisotopic (exact) mass is 245 g/mol. The van der Waals surface area contributed by atoms with Crippen molar-refractivity contribution in [2.45, 2.75) is 13.3 Å². The normalized spacial score (nSPS) is 11.8. The number of nitrogens with two attached hydrogens (primary N) is 1. The highest BCUT2D eigenvalue weighted by molar-refractivity contribution is 5.61. The minimum Gasteiger partial charge on any atom is -0.457 e. The molecule has 0 aliphatic rings. The van der Waals surface area contributed by atoms with E-state index in [4.69, 9.17) is 10.2 Å². The first-order chi connectivity index (χ1) is 8.74. The van der Waals surface area contributed by atoms with Crippen molar-refractivity contribution in [1.29, 1.82) is 0 Å². The van der Waals surface area contributed by atoms with Gasteiger partial charge < -0.3 is 10.2 Å². The molecule has 1 heterocycles. The summed E-state index contributed by atoms with van der Waals surface area (Å²) in [6.45, 7) is 2.55. The summed E-state index contributed by atoms with van der Waals surface area (Å²) in [5.41, 5.74) is 7.18. The van der Waals surface area contributed by atoms with Gasteiger partial charge in [-0.1, -0.05) is 24.6 Å². The minimum atomic E-state index is -0.281. The Balaban J connectivity index is 2.32. The van der Waals surface area contributed by atoms with Crippen LogP contribution in [-0.2, 0) is 0 Å². The second-order valence-electron chi connectivity index (χ2n) is 4.04. The van der Waals surface area contributed by atoms with Crippen molar-refractivity contribution < 1.29 is 8.81 Å². The summed E-state index contributed by atoms with van der Waals surface area (Å²) < 4.78 is 19.2. The number of benzene rings is 1. The summed E-state index contributed by atoms with van der Waals surface area (Å²) in [4.78, 5) is 0. The molecule has 1 aromatic heterocycles. The third-order valence-electron chi connectivity index (χ3n) is 2.83. The van der Waals surface area contributed by atoms with Crippen LogP contribution >= 0.6 is 0 Å². The maximum atomic E-state index is 13.6. The molecule has 0 radical (unpaired) electrons. The highest BCUT2D eigenvalue weighted by Gasteiger charge is 2.08. The van der Waals surface area contributed by atoms with Crippen LogP contribution < -0.4 is 5.73 Å². The summed E-state index contributed by atoms with van der Waals surface area (Å²) in [5.74, 6) is 0.958. The van der Waals surface area contributed by atoms with Crippen molar-refractivity contribution in [2.75, 3.05) is 6.54 Å². The fourth-order valence-electron chi connectivity index (χ4n) is 1.74. The Morgan fingerprint density at radius 1 is 1.28 bits per heavy atom. The third-order valence-corrected chi connectivity index (χ3v) is 2.83. The van der Waals surface area contributed by atoms with Crippen LogP contribution in [-0.4, -0.2) is 6.54 Å². The molecule has 2 aromatic rings. The van der Waals surface area contributed by atoms with Crippen molar-refractivity contribution in [3.63, 3.8) is 0 Å². The first-order valence-corrected chi connectivity index (χ1v) is 5.99. The van der Waals surface area contributed by atoms with Crippen molar-refractivity contribution in [2.24, 2.45) is 5.73 Å². The molecular formula is C15H16FNO. The van der Waals surface area contributed by atoms with Crippen LogP contribution in [0.1, 0.15) is 19.1 Å². The van der Waals surface area contributed by atoms with Gasteiger partial charge in [-0.15, -0.1) is 0 Å². The molecule has 3 heteroatoms. The van der Waals surface area contributed by atoms with Crippen molar-refractivity contribution in [3.8, 4) is 11.3 Å². The van der Waals surface area contributed by atoms with Gasteiger partial charge in [-0.2, -0.15) is 0 Å². The standard InChI is InChI=1S/C15H16FNO/c1-2-11(10-17)9-12-7-8-15(18-12)13-5-3-4-6-14(13)16/h3-9H,2,10,17H2,1H3. The van der Waals surface area contributed by atoms with Crippen LogP contribution in [0.15, 0.2) is 46.4 Å². The molecule has 2 N–H and O–H groups in total. The van der Waals surface area contributed by atoms with Gasteiger partial charge in [0.15, 0.2) is 0 Å². The van der Waals surface area contributed by atoms with Gasteiger partial charge in [-0.25, -0.2) is 4.39 Å². The number of rotatable bonds is 4. The molecule has 0 spiro atoms. The van der Waals surface area contributed by atoms with Crippen LogP contribution in [0.5, 0.6) is 0 Å². The van der Waals surface area contributed by atoms with Gasteiger partial charge in [-0.3, -0.25) is 0 Å². The van der Waals surface area contributed by atoms with Gasteiger partial charge >= 0.3 is 0 Å². The van der Waals surface area contributed by atoms with E-state index in [1.807, 2.05) is 19.1 Å². The Hall–Kier alpha value is -1.87. The molecule has 1 aromatic carbocycles. The average Bonchev–Trinajstić information content (AvgIpc) is 2.85. The number of hydrogen-bond donors (Lipinski definition) is 1. The molecule has 0 aliphatic heterocycles. The molecule has 0 saturated carbocycles. The van der Waals surface area contributed by atoms with E-state index in [0.29, 0.717) is 23.6 Å². The van der Waals surface area contributed by atoms with Crippen molar-refractivity contribution in [3.05, 3.63) is 53.5 Å². The third kappa shape index (κ3) is 2.68. The summed E-state index contributed by atoms with van der Waals surface area (Å²) in [7, 11) is 0. The Kier molecular flexibility index (Phi) is 3.95. The Morgan fingerprint density at radius 3 is 2.72 bits per heavy atom. The maximum absolute atomic E-state index is 13.6. The number of furan rings is 1. The van der Waals surface area contributed by atoms with Gasteiger partial charge in [0.2, 0.25) is 0 Å². The fourth-order valence-corrected chi connectivity index (χ4v) is 1.74. The van der Waals surface area contributed by atoms with E-state index in [1.165, 1.54) is 6.07 Å². The molecule has 0 saturated heterocycles. The summed E-state index contributed by atoms with van der Waals surface area (Å²) in [6, 6.07) is 10.2. The molecule has 2 rings (SSSR count). The average molecular weight is 245 g/mol. The summed E-state index contributed by atoms with van der Waals surface area (Å²) in [5, 5.41) is 0. The lowest BCUT2D eigenvalue weighted by atomic mass is 10.1. The second kappa shape index (κ2) is 5.65. The zero-order valence-electron chi connectivity index (χ0n) is 10.3. The van der Waals surface area contributed by atoms with Gasteiger partial charge in [0, 0.05) is 6.54 Å². The summed E-state index contributed by atoms with van der Waals surface area (Å²) in [6.07, 6.45) is 2.79. The number of halogens is 1. The largest absolute Gasteiger partial charge is 0.457 e. The zero-order chi connectivity index (χ0) is 13.0. The molecule has 0 atom stereocenters. The van der Waals surface area contributed by atoms with E-state index >= 15 is 0 Å². The minimum absolute atomic E-state index is 0.281. The maximum Gasteiger partial charge on any atom is 0.137 e. The molecular weight excluding hydrogens is 229 g/mol. The molecule has 2 nitrogen and oxygen atoms in total. The Labute approximate surface area is 106 Å². The van der Waals surface area contributed by atoms with Crippen LogP contribution in [0.2, 0.25) is 0 Å². The molecule has 18 heavy (non-hydrogen) atoms. The summed E-state index contributed by atoms with van der Waals surface area (Å²) >= 11 is 0. The van der Waals surface area contributed by atoms with Gasteiger partial charge in [0.05, 0.1) is 5.56 Å². The topological polar surface area (TPSA) is 39.2 Å². The van der Waals surface area contributed by atoms with Crippen LogP contribution in [0.3, 0.4) is 0 Å². The molecule has 0 aliphatic carbocycles. The molecule has 0 fully saturated rings.